The molecule has 2 N–H and O–H groups in total. The summed E-state index contributed by atoms with van der Waals surface area (Å²) in [5.74, 6) is -0.215. The van der Waals surface area contributed by atoms with Crippen LogP contribution in [0.15, 0.2) is 54.9 Å². The van der Waals surface area contributed by atoms with Gasteiger partial charge in [-0.05, 0) is 34.9 Å². The van der Waals surface area contributed by atoms with E-state index >= 15 is 0 Å². The van der Waals surface area contributed by atoms with Gasteiger partial charge in [0.25, 0.3) is 0 Å². The molecule has 1 aromatic carbocycles. The number of amides is 1. The van der Waals surface area contributed by atoms with E-state index in [1.165, 1.54) is 6.08 Å². The van der Waals surface area contributed by atoms with Gasteiger partial charge in [0, 0.05) is 24.9 Å². The Morgan fingerprint density at radius 1 is 1.24 bits per heavy atom. The predicted molar refractivity (Wildman–Crippen MR) is 80.3 cm³/mol. The van der Waals surface area contributed by atoms with Gasteiger partial charge in [-0.1, -0.05) is 24.3 Å². The largest absolute Gasteiger partial charge is 0.390 e. The van der Waals surface area contributed by atoms with Gasteiger partial charge in [-0.2, -0.15) is 0 Å². The Labute approximate surface area is 123 Å². The molecule has 0 fully saturated rings. The molecule has 2 atom stereocenters. The molecule has 106 valence electrons. The number of carbonyl (C=O) groups excluding carboxylic acids is 1. The Morgan fingerprint density at radius 3 is 2.81 bits per heavy atom. The van der Waals surface area contributed by atoms with Gasteiger partial charge in [0.05, 0.1) is 12.1 Å². The molecule has 0 saturated carbocycles. The minimum Gasteiger partial charge on any atom is -0.390 e. The number of pyridine rings is 1. The van der Waals surface area contributed by atoms with Crippen LogP contribution in [0.3, 0.4) is 0 Å². The number of fused-ring (bicyclic) bond motifs is 1. The van der Waals surface area contributed by atoms with Crippen molar-refractivity contribution in [2.45, 2.75) is 18.6 Å². The zero-order chi connectivity index (χ0) is 14.7. The van der Waals surface area contributed by atoms with Crippen LogP contribution < -0.4 is 5.32 Å². The smallest absolute Gasteiger partial charge is 0.244 e. The number of carbonyl (C=O) groups is 1. The summed E-state index contributed by atoms with van der Waals surface area (Å²) >= 11 is 0. The van der Waals surface area contributed by atoms with Gasteiger partial charge in [-0.15, -0.1) is 0 Å². The molecule has 0 radical (unpaired) electrons. The van der Waals surface area contributed by atoms with Crippen molar-refractivity contribution < 1.29 is 9.90 Å². The van der Waals surface area contributed by atoms with Gasteiger partial charge in [0.15, 0.2) is 0 Å². The van der Waals surface area contributed by atoms with Crippen LogP contribution in [-0.4, -0.2) is 22.1 Å². The van der Waals surface area contributed by atoms with E-state index in [9.17, 15) is 9.90 Å². The second kappa shape index (κ2) is 5.89. The van der Waals surface area contributed by atoms with E-state index in [0.29, 0.717) is 6.42 Å². The van der Waals surface area contributed by atoms with E-state index in [1.54, 1.807) is 18.5 Å². The van der Waals surface area contributed by atoms with Crippen molar-refractivity contribution in [1.82, 2.24) is 10.3 Å². The summed E-state index contributed by atoms with van der Waals surface area (Å²) in [6, 6.07) is 11.1. The third-order valence-electron chi connectivity index (χ3n) is 3.64. The van der Waals surface area contributed by atoms with Gasteiger partial charge in [-0.25, -0.2) is 0 Å². The van der Waals surface area contributed by atoms with Gasteiger partial charge in [0.1, 0.15) is 0 Å². The van der Waals surface area contributed by atoms with E-state index in [1.807, 2.05) is 36.4 Å². The maximum Gasteiger partial charge on any atom is 0.244 e. The average molecular weight is 280 g/mol. The lowest BCUT2D eigenvalue weighted by molar-refractivity contribution is -0.117. The Morgan fingerprint density at radius 2 is 2.00 bits per heavy atom. The highest BCUT2D eigenvalue weighted by Crippen LogP contribution is 2.31. The maximum absolute atomic E-state index is 12.0. The highest BCUT2D eigenvalue weighted by molar-refractivity contribution is 5.92. The fourth-order valence-corrected chi connectivity index (χ4v) is 2.60. The summed E-state index contributed by atoms with van der Waals surface area (Å²) < 4.78 is 0. The lowest BCUT2D eigenvalue weighted by Gasteiger charge is -2.16. The molecule has 1 aromatic heterocycles. The third-order valence-corrected chi connectivity index (χ3v) is 3.64. The van der Waals surface area contributed by atoms with Crippen LogP contribution in [0, 0.1) is 0 Å². The Kier molecular flexibility index (Phi) is 3.79. The van der Waals surface area contributed by atoms with E-state index in [4.69, 9.17) is 0 Å². The molecule has 4 heteroatoms. The summed E-state index contributed by atoms with van der Waals surface area (Å²) in [6.07, 6.45) is 6.56. The Balaban J connectivity index is 1.69. The topological polar surface area (TPSA) is 62.2 Å². The fourth-order valence-electron chi connectivity index (χ4n) is 2.60. The SMILES string of the molecule is O=C(/C=C/c1ccncc1)N[C@H]1c2ccccc2C[C@@H]1O. The molecule has 0 saturated heterocycles. The molecule has 21 heavy (non-hydrogen) atoms. The number of hydrogen-bond donors (Lipinski definition) is 2. The lowest BCUT2D eigenvalue weighted by Crippen LogP contribution is -2.32. The number of nitrogens with zero attached hydrogens (tertiary/aromatic N) is 1. The van der Waals surface area contributed by atoms with E-state index in [2.05, 4.69) is 10.3 Å². The number of hydrogen-bond acceptors (Lipinski definition) is 3. The van der Waals surface area contributed by atoms with E-state index < -0.39 is 6.10 Å². The number of nitrogens with one attached hydrogen (secondary N) is 1. The van der Waals surface area contributed by atoms with Crippen molar-refractivity contribution in [1.29, 1.82) is 0 Å². The molecular weight excluding hydrogens is 264 g/mol. The molecule has 0 bridgehead atoms. The van der Waals surface area contributed by atoms with Crippen LogP contribution >= 0.6 is 0 Å². The normalized spacial score (nSPS) is 20.4. The zero-order valence-corrected chi connectivity index (χ0v) is 11.4. The summed E-state index contributed by atoms with van der Waals surface area (Å²) in [5, 5.41) is 13.0. The number of rotatable bonds is 3. The Bertz CT molecular complexity index is 668. The molecule has 1 aliphatic rings. The summed E-state index contributed by atoms with van der Waals surface area (Å²) in [7, 11) is 0. The van der Waals surface area contributed by atoms with Crippen LogP contribution in [0.5, 0.6) is 0 Å². The summed E-state index contributed by atoms with van der Waals surface area (Å²) in [6.45, 7) is 0. The minimum absolute atomic E-state index is 0.215. The number of aliphatic hydroxyl groups excluding tert-OH is 1. The van der Waals surface area contributed by atoms with Crippen LogP contribution in [0.1, 0.15) is 22.7 Å². The van der Waals surface area contributed by atoms with Crippen molar-refractivity contribution in [3.8, 4) is 0 Å². The quantitative estimate of drug-likeness (QED) is 0.844. The molecule has 1 heterocycles. The number of aromatic nitrogens is 1. The maximum atomic E-state index is 12.0. The number of benzene rings is 1. The minimum atomic E-state index is -0.569. The molecular formula is C17H16N2O2. The zero-order valence-electron chi connectivity index (χ0n) is 11.4. The molecule has 0 spiro atoms. The molecule has 0 unspecified atom stereocenters. The first-order valence-corrected chi connectivity index (χ1v) is 6.88. The van der Waals surface area contributed by atoms with Crippen LogP contribution in [-0.2, 0) is 11.2 Å². The molecule has 1 amide bonds. The monoisotopic (exact) mass is 280 g/mol. The average Bonchev–Trinajstić information content (AvgIpc) is 2.82. The van der Waals surface area contributed by atoms with Crippen molar-refractivity contribution >= 4 is 12.0 Å². The van der Waals surface area contributed by atoms with Crippen molar-refractivity contribution in [2.24, 2.45) is 0 Å². The van der Waals surface area contributed by atoms with Gasteiger partial charge in [0.2, 0.25) is 5.91 Å². The second-order valence-electron chi connectivity index (χ2n) is 5.07. The van der Waals surface area contributed by atoms with Crippen LogP contribution in [0.2, 0.25) is 0 Å². The number of aliphatic hydroxyl groups is 1. The summed E-state index contributed by atoms with van der Waals surface area (Å²) in [5.41, 5.74) is 3.00. The standard InChI is InChI=1S/C17H16N2O2/c20-15-11-13-3-1-2-4-14(13)17(15)19-16(21)6-5-12-7-9-18-10-8-12/h1-10,15,17,20H,11H2,(H,19,21)/b6-5+/t15-,17-/m0/s1. The van der Waals surface area contributed by atoms with Gasteiger partial charge >= 0.3 is 0 Å². The Hall–Kier alpha value is -2.46. The first kappa shape index (κ1) is 13.5. The molecule has 4 nitrogen and oxygen atoms in total. The van der Waals surface area contributed by atoms with Gasteiger partial charge in [-0.3, -0.25) is 9.78 Å². The molecule has 1 aliphatic carbocycles. The summed E-state index contributed by atoms with van der Waals surface area (Å²) in [4.78, 5) is 15.9. The van der Waals surface area contributed by atoms with Crippen molar-refractivity contribution in [2.75, 3.05) is 0 Å². The van der Waals surface area contributed by atoms with Gasteiger partial charge < -0.3 is 10.4 Å². The van der Waals surface area contributed by atoms with E-state index in [-0.39, 0.29) is 11.9 Å². The van der Waals surface area contributed by atoms with Crippen LogP contribution in [0.25, 0.3) is 6.08 Å². The molecule has 0 aliphatic heterocycles. The second-order valence-corrected chi connectivity index (χ2v) is 5.07. The van der Waals surface area contributed by atoms with Crippen molar-refractivity contribution in [3.63, 3.8) is 0 Å². The first-order valence-electron chi connectivity index (χ1n) is 6.88. The highest BCUT2D eigenvalue weighted by Gasteiger charge is 2.31. The first-order chi connectivity index (χ1) is 10.2. The molecule has 3 rings (SSSR count). The fraction of sp³-hybridized carbons (Fsp3) is 0.176. The predicted octanol–water partition coefficient (Wildman–Crippen LogP) is 1.87. The third kappa shape index (κ3) is 3.01. The van der Waals surface area contributed by atoms with E-state index in [0.717, 1.165) is 16.7 Å². The molecule has 2 aromatic rings. The highest BCUT2D eigenvalue weighted by atomic mass is 16.3. The van der Waals surface area contributed by atoms with Crippen molar-refractivity contribution in [3.05, 3.63) is 71.6 Å². The van der Waals surface area contributed by atoms with Crippen LogP contribution in [0.4, 0.5) is 0 Å². The lowest BCUT2D eigenvalue weighted by atomic mass is 10.1.